The quantitative estimate of drug-likeness (QED) is 0.898. The standard InChI is InChI=1S/C18H24N2O3S/c1-11(2)17-13(5)19-15-9-7-6-8-14(15)18(17)20-16(21)10-24(22,23)12(3)4/h6-9,11-12H,10H2,1-5H3,(H,19,20,21). The van der Waals surface area contributed by atoms with Gasteiger partial charge < -0.3 is 5.32 Å². The molecule has 0 saturated heterocycles. The Bertz CT molecular complexity index is 871. The Kier molecular flexibility index (Phi) is 5.28. The van der Waals surface area contributed by atoms with Gasteiger partial charge in [-0.2, -0.15) is 0 Å². The van der Waals surface area contributed by atoms with Gasteiger partial charge in [0.1, 0.15) is 5.75 Å². The molecule has 0 atom stereocenters. The van der Waals surface area contributed by atoms with Crippen LogP contribution in [0.3, 0.4) is 0 Å². The van der Waals surface area contributed by atoms with E-state index >= 15 is 0 Å². The van der Waals surface area contributed by atoms with Crippen molar-refractivity contribution in [3.63, 3.8) is 0 Å². The Morgan fingerprint density at radius 2 is 1.79 bits per heavy atom. The zero-order valence-electron chi connectivity index (χ0n) is 14.8. The Morgan fingerprint density at radius 1 is 1.17 bits per heavy atom. The van der Waals surface area contributed by atoms with Crippen LogP contribution < -0.4 is 5.32 Å². The maximum absolute atomic E-state index is 12.4. The lowest BCUT2D eigenvalue weighted by Crippen LogP contribution is -2.28. The second-order valence-corrected chi connectivity index (χ2v) is 9.12. The highest BCUT2D eigenvalue weighted by Crippen LogP contribution is 2.33. The van der Waals surface area contributed by atoms with Crippen LogP contribution in [0.1, 0.15) is 44.9 Å². The van der Waals surface area contributed by atoms with E-state index in [0.717, 1.165) is 22.2 Å². The molecule has 0 spiro atoms. The number of nitrogens with one attached hydrogen (secondary N) is 1. The third-order valence-electron chi connectivity index (χ3n) is 4.01. The topological polar surface area (TPSA) is 76.1 Å². The summed E-state index contributed by atoms with van der Waals surface area (Å²) in [5.74, 6) is -0.877. The fourth-order valence-electron chi connectivity index (χ4n) is 2.72. The SMILES string of the molecule is Cc1nc2ccccc2c(NC(=O)CS(=O)(=O)C(C)C)c1C(C)C. The number of sulfone groups is 1. The number of carbonyl (C=O) groups excluding carboxylic acids is 1. The summed E-state index contributed by atoms with van der Waals surface area (Å²) < 4.78 is 24.0. The number of carbonyl (C=O) groups is 1. The van der Waals surface area contributed by atoms with E-state index in [1.54, 1.807) is 13.8 Å². The van der Waals surface area contributed by atoms with Crippen LogP contribution in [0.15, 0.2) is 24.3 Å². The molecule has 0 saturated carbocycles. The zero-order chi connectivity index (χ0) is 18.1. The van der Waals surface area contributed by atoms with Crippen LogP contribution in [0.25, 0.3) is 10.9 Å². The number of anilines is 1. The molecular formula is C18H24N2O3S. The summed E-state index contributed by atoms with van der Waals surface area (Å²) in [7, 11) is -3.44. The van der Waals surface area contributed by atoms with E-state index in [2.05, 4.69) is 10.3 Å². The van der Waals surface area contributed by atoms with Gasteiger partial charge in [-0.05, 0) is 32.8 Å². The molecule has 0 bridgehead atoms. The predicted octanol–water partition coefficient (Wildman–Crippen LogP) is 3.43. The van der Waals surface area contributed by atoms with Gasteiger partial charge in [0.15, 0.2) is 9.84 Å². The van der Waals surface area contributed by atoms with Crippen molar-refractivity contribution < 1.29 is 13.2 Å². The minimum Gasteiger partial charge on any atom is -0.324 e. The van der Waals surface area contributed by atoms with E-state index in [1.807, 2.05) is 45.0 Å². The van der Waals surface area contributed by atoms with Crippen LogP contribution >= 0.6 is 0 Å². The normalized spacial score (nSPS) is 12.1. The van der Waals surface area contributed by atoms with Crippen LogP contribution in [0, 0.1) is 6.92 Å². The average Bonchev–Trinajstić information content (AvgIpc) is 2.45. The Hall–Kier alpha value is -1.95. The van der Waals surface area contributed by atoms with Gasteiger partial charge >= 0.3 is 0 Å². The number of pyridine rings is 1. The van der Waals surface area contributed by atoms with Gasteiger partial charge in [0.25, 0.3) is 0 Å². The van der Waals surface area contributed by atoms with Crippen LogP contribution in [0.2, 0.25) is 0 Å². The Balaban J connectivity index is 2.51. The number of nitrogens with zero attached hydrogens (tertiary/aromatic N) is 1. The fraction of sp³-hybridized carbons (Fsp3) is 0.444. The molecule has 5 nitrogen and oxygen atoms in total. The number of amides is 1. The summed E-state index contributed by atoms with van der Waals surface area (Å²) >= 11 is 0. The summed E-state index contributed by atoms with van der Waals surface area (Å²) in [6.45, 7) is 9.11. The van der Waals surface area contributed by atoms with E-state index in [0.29, 0.717) is 5.69 Å². The second-order valence-electron chi connectivity index (χ2n) is 6.56. The largest absolute Gasteiger partial charge is 0.324 e. The molecule has 0 aliphatic rings. The third-order valence-corrected chi connectivity index (χ3v) is 6.11. The first-order valence-electron chi connectivity index (χ1n) is 8.04. The Morgan fingerprint density at radius 3 is 2.38 bits per heavy atom. The number of hydrogen-bond donors (Lipinski definition) is 1. The van der Waals surface area contributed by atoms with E-state index in [-0.39, 0.29) is 5.92 Å². The molecule has 1 aromatic carbocycles. The predicted molar refractivity (Wildman–Crippen MR) is 98.1 cm³/mol. The lowest BCUT2D eigenvalue weighted by molar-refractivity contribution is -0.113. The highest BCUT2D eigenvalue weighted by molar-refractivity contribution is 7.92. The first-order chi connectivity index (χ1) is 11.1. The molecule has 1 N–H and O–H groups in total. The lowest BCUT2D eigenvalue weighted by atomic mass is 9.96. The number of fused-ring (bicyclic) bond motifs is 1. The van der Waals surface area contributed by atoms with Crippen molar-refractivity contribution in [3.8, 4) is 0 Å². The number of para-hydroxylation sites is 1. The molecule has 1 heterocycles. The molecule has 0 radical (unpaired) electrons. The fourth-order valence-corrected chi connectivity index (χ4v) is 3.49. The van der Waals surface area contributed by atoms with Crippen LogP contribution in [0.5, 0.6) is 0 Å². The number of hydrogen-bond acceptors (Lipinski definition) is 4. The third kappa shape index (κ3) is 3.75. The van der Waals surface area contributed by atoms with Crippen molar-refractivity contribution in [1.29, 1.82) is 0 Å². The van der Waals surface area contributed by atoms with Crippen molar-refractivity contribution in [3.05, 3.63) is 35.5 Å². The van der Waals surface area contributed by atoms with Gasteiger partial charge in [0.05, 0.1) is 16.5 Å². The number of rotatable bonds is 5. The number of aryl methyl sites for hydroxylation is 1. The maximum Gasteiger partial charge on any atom is 0.239 e. The minimum atomic E-state index is -3.44. The molecule has 24 heavy (non-hydrogen) atoms. The van der Waals surface area contributed by atoms with E-state index in [9.17, 15) is 13.2 Å². The summed E-state index contributed by atoms with van der Waals surface area (Å²) in [6, 6.07) is 7.54. The zero-order valence-corrected chi connectivity index (χ0v) is 15.6. The van der Waals surface area contributed by atoms with Gasteiger partial charge in [-0.3, -0.25) is 9.78 Å². The highest BCUT2D eigenvalue weighted by atomic mass is 32.2. The molecule has 0 unspecified atom stereocenters. The monoisotopic (exact) mass is 348 g/mol. The molecule has 6 heteroatoms. The van der Waals surface area contributed by atoms with Crippen LogP contribution in [0.4, 0.5) is 5.69 Å². The lowest BCUT2D eigenvalue weighted by Gasteiger charge is -2.19. The van der Waals surface area contributed by atoms with Crippen molar-refractivity contribution in [2.24, 2.45) is 0 Å². The van der Waals surface area contributed by atoms with Crippen molar-refractivity contribution in [2.45, 2.75) is 45.8 Å². The van der Waals surface area contributed by atoms with Crippen molar-refractivity contribution >= 4 is 32.3 Å². The smallest absolute Gasteiger partial charge is 0.239 e. The van der Waals surface area contributed by atoms with E-state index < -0.39 is 26.7 Å². The molecule has 2 rings (SSSR count). The molecule has 0 fully saturated rings. The molecule has 2 aromatic rings. The molecule has 0 aliphatic carbocycles. The summed E-state index contributed by atoms with van der Waals surface area (Å²) in [5.41, 5.74) is 3.22. The van der Waals surface area contributed by atoms with Crippen molar-refractivity contribution in [1.82, 2.24) is 4.98 Å². The number of benzene rings is 1. The maximum atomic E-state index is 12.4. The van der Waals surface area contributed by atoms with Gasteiger partial charge in [0, 0.05) is 16.6 Å². The second kappa shape index (κ2) is 6.89. The average molecular weight is 348 g/mol. The molecule has 130 valence electrons. The molecular weight excluding hydrogens is 324 g/mol. The van der Waals surface area contributed by atoms with Gasteiger partial charge in [-0.15, -0.1) is 0 Å². The van der Waals surface area contributed by atoms with E-state index in [4.69, 9.17) is 0 Å². The van der Waals surface area contributed by atoms with Crippen molar-refractivity contribution in [2.75, 3.05) is 11.1 Å². The van der Waals surface area contributed by atoms with Gasteiger partial charge in [0.2, 0.25) is 5.91 Å². The van der Waals surface area contributed by atoms with Crippen LogP contribution in [-0.2, 0) is 14.6 Å². The first kappa shape index (κ1) is 18.4. The molecule has 1 aromatic heterocycles. The summed E-state index contributed by atoms with van der Waals surface area (Å²) in [5, 5.41) is 3.07. The van der Waals surface area contributed by atoms with Gasteiger partial charge in [-0.1, -0.05) is 32.0 Å². The Labute approximate surface area is 143 Å². The first-order valence-corrected chi connectivity index (χ1v) is 9.75. The number of aromatic nitrogens is 1. The molecule has 0 aliphatic heterocycles. The van der Waals surface area contributed by atoms with Crippen LogP contribution in [-0.4, -0.2) is 30.3 Å². The van der Waals surface area contributed by atoms with E-state index in [1.165, 1.54) is 0 Å². The highest BCUT2D eigenvalue weighted by Gasteiger charge is 2.23. The summed E-state index contributed by atoms with van der Waals surface area (Å²) in [6.07, 6.45) is 0. The summed E-state index contributed by atoms with van der Waals surface area (Å²) in [4.78, 5) is 16.9. The van der Waals surface area contributed by atoms with Gasteiger partial charge in [-0.25, -0.2) is 8.42 Å². The molecule has 1 amide bonds. The minimum absolute atomic E-state index is 0.152.